The number of benzene rings is 2. The van der Waals surface area contributed by atoms with Gasteiger partial charge in [-0.25, -0.2) is 0 Å². The van der Waals surface area contributed by atoms with Gasteiger partial charge in [0.05, 0.1) is 0 Å². The Bertz CT molecular complexity index is 840. The Morgan fingerprint density at radius 3 is 2.95 bits per heavy atom. The Morgan fingerprint density at radius 1 is 1.05 bits per heavy atom. The van der Waals surface area contributed by atoms with Gasteiger partial charge in [0.2, 0.25) is 0 Å². The lowest BCUT2D eigenvalue weighted by Crippen LogP contribution is -2.31. The molecular formula is C20H16O. The van der Waals surface area contributed by atoms with Gasteiger partial charge < -0.3 is 0 Å². The van der Waals surface area contributed by atoms with Gasteiger partial charge in [-0.1, -0.05) is 54.6 Å². The van der Waals surface area contributed by atoms with Gasteiger partial charge in [0.25, 0.3) is 0 Å². The highest BCUT2D eigenvalue weighted by Gasteiger charge is 2.39. The Hall–Kier alpha value is -2.15. The second kappa shape index (κ2) is 3.94. The smallest absolute Gasteiger partial charge is 0.140 e. The molecule has 0 fully saturated rings. The van der Waals surface area contributed by atoms with Crippen LogP contribution in [0.15, 0.2) is 48.6 Å². The molecule has 0 bridgehead atoms. The summed E-state index contributed by atoms with van der Waals surface area (Å²) in [4.78, 5) is 12.3. The third kappa shape index (κ3) is 1.44. The highest BCUT2D eigenvalue weighted by atomic mass is 16.1. The van der Waals surface area contributed by atoms with Gasteiger partial charge in [0.1, 0.15) is 5.78 Å². The van der Waals surface area contributed by atoms with Crippen LogP contribution < -0.4 is 0 Å². The SMILES string of the molecule is O=C1CC=CC2c3ccc4cccc5c4c3C(C=C5)CC12. The van der Waals surface area contributed by atoms with Crippen LogP contribution in [0.4, 0.5) is 0 Å². The second-order valence-corrected chi connectivity index (χ2v) is 6.45. The van der Waals surface area contributed by atoms with Crippen LogP contribution in [0.3, 0.4) is 0 Å². The zero-order valence-electron chi connectivity index (χ0n) is 11.8. The van der Waals surface area contributed by atoms with E-state index in [1.165, 1.54) is 27.5 Å². The number of hydrogen-bond donors (Lipinski definition) is 0. The summed E-state index contributed by atoms with van der Waals surface area (Å²) in [7, 11) is 0. The molecule has 0 aliphatic heterocycles. The second-order valence-electron chi connectivity index (χ2n) is 6.45. The largest absolute Gasteiger partial charge is 0.299 e. The summed E-state index contributed by atoms with van der Waals surface area (Å²) in [5, 5.41) is 2.73. The van der Waals surface area contributed by atoms with Crippen molar-refractivity contribution < 1.29 is 4.79 Å². The molecule has 3 atom stereocenters. The number of ketones is 1. The molecule has 0 saturated carbocycles. The van der Waals surface area contributed by atoms with Crippen LogP contribution in [0.25, 0.3) is 16.8 Å². The summed E-state index contributed by atoms with van der Waals surface area (Å²) in [5.41, 5.74) is 4.18. The zero-order valence-corrected chi connectivity index (χ0v) is 11.8. The molecule has 0 amide bonds. The van der Waals surface area contributed by atoms with E-state index in [2.05, 4.69) is 54.6 Å². The fourth-order valence-corrected chi connectivity index (χ4v) is 4.48. The molecule has 3 aliphatic rings. The minimum atomic E-state index is 0.180. The lowest BCUT2D eigenvalue weighted by Gasteiger charge is -2.39. The first-order valence-corrected chi connectivity index (χ1v) is 7.76. The molecule has 2 aromatic rings. The average molecular weight is 272 g/mol. The molecule has 102 valence electrons. The standard InChI is InChI=1S/C20H16O/c21-18-6-2-5-15-16-10-9-13-4-1-3-12-7-8-14(11-17(15)18)20(16)19(12)13/h1-5,7-10,14-15,17H,6,11H2. The lowest BCUT2D eigenvalue weighted by atomic mass is 9.64. The monoisotopic (exact) mass is 272 g/mol. The average Bonchev–Trinajstić information content (AvgIpc) is 2.53. The molecule has 3 aliphatic carbocycles. The number of carbonyl (C=O) groups is 1. The first-order valence-electron chi connectivity index (χ1n) is 7.76. The van der Waals surface area contributed by atoms with Crippen molar-refractivity contribution in [2.24, 2.45) is 5.92 Å². The summed E-state index contributed by atoms with van der Waals surface area (Å²) < 4.78 is 0. The predicted octanol–water partition coefficient (Wildman–Crippen LogP) is 4.58. The van der Waals surface area contributed by atoms with Gasteiger partial charge in [-0.15, -0.1) is 0 Å². The van der Waals surface area contributed by atoms with Gasteiger partial charge in [0.15, 0.2) is 0 Å². The van der Waals surface area contributed by atoms with Crippen LogP contribution in [0.5, 0.6) is 0 Å². The summed E-state index contributed by atoms with van der Waals surface area (Å²) in [5.74, 6) is 1.30. The van der Waals surface area contributed by atoms with E-state index in [1.807, 2.05) is 0 Å². The highest BCUT2D eigenvalue weighted by Crippen LogP contribution is 2.50. The van der Waals surface area contributed by atoms with E-state index < -0.39 is 0 Å². The molecule has 3 unspecified atom stereocenters. The maximum Gasteiger partial charge on any atom is 0.140 e. The molecular weight excluding hydrogens is 256 g/mol. The highest BCUT2D eigenvalue weighted by molar-refractivity contribution is 5.98. The van der Waals surface area contributed by atoms with E-state index in [0.29, 0.717) is 24.0 Å². The summed E-state index contributed by atoms with van der Waals surface area (Å²) in [6.45, 7) is 0. The molecule has 2 aromatic carbocycles. The molecule has 0 spiro atoms. The van der Waals surface area contributed by atoms with Crippen LogP contribution in [-0.2, 0) is 4.79 Å². The molecule has 1 heteroatoms. The van der Waals surface area contributed by atoms with E-state index in [4.69, 9.17) is 0 Å². The first kappa shape index (κ1) is 11.5. The number of rotatable bonds is 0. The molecule has 0 N–H and O–H groups in total. The molecule has 0 aromatic heterocycles. The van der Waals surface area contributed by atoms with Crippen molar-refractivity contribution in [3.05, 3.63) is 65.3 Å². The van der Waals surface area contributed by atoms with Crippen LogP contribution in [-0.4, -0.2) is 5.78 Å². The quantitative estimate of drug-likeness (QED) is 0.641. The van der Waals surface area contributed by atoms with Crippen molar-refractivity contribution in [1.82, 2.24) is 0 Å². The van der Waals surface area contributed by atoms with Crippen molar-refractivity contribution in [3.8, 4) is 0 Å². The van der Waals surface area contributed by atoms with E-state index in [1.54, 1.807) is 0 Å². The summed E-state index contributed by atoms with van der Waals surface area (Å²) in [6, 6.07) is 11.0. The molecule has 0 heterocycles. The fraction of sp³-hybridized carbons (Fsp3) is 0.250. The third-order valence-corrected chi connectivity index (χ3v) is 5.41. The predicted molar refractivity (Wildman–Crippen MR) is 85.3 cm³/mol. The van der Waals surface area contributed by atoms with E-state index in [9.17, 15) is 4.79 Å². The maximum atomic E-state index is 12.3. The van der Waals surface area contributed by atoms with Crippen LogP contribution in [0, 0.1) is 5.92 Å². The summed E-state index contributed by atoms with van der Waals surface area (Å²) >= 11 is 0. The normalized spacial score (nSPS) is 28.8. The van der Waals surface area contributed by atoms with Gasteiger partial charge >= 0.3 is 0 Å². The third-order valence-electron chi connectivity index (χ3n) is 5.41. The maximum absolute atomic E-state index is 12.3. The molecule has 1 nitrogen and oxygen atoms in total. The van der Waals surface area contributed by atoms with Crippen LogP contribution in [0.1, 0.15) is 41.4 Å². The number of allylic oxidation sites excluding steroid dienone is 3. The number of Topliss-reactive ketones (excluding diaryl/α,β-unsaturated/α-hetero) is 1. The first-order chi connectivity index (χ1) is 10.3. The minimum Gasteiger partial charge on any atom is -0.299 e. The number of hydrogen-bond acceptors (Lipinski definition) is 1. The number of carbonyl (C=O) groups excluding carboxylic acids is 1. The lowest BCUT2D eigenvalue weighted by molar-refractivity contribution is -0.123. The van der Waals surface area contributed by atoms with Crippen molar-refractivity contribution >= 4 is 22.6 Å². The van der Waals surface area contributed by atoms with Gasteiger partial charge in [-0.3, -0.25) is 4.79 Å². The Morgan fingerprint density at radius 2 is 2.00 bits per heavy atom. The number of fused-ring (bicyclic) bond motifs is 2. The van der Waals surface area contributed by atoms with E-state index >= 15 is 0 Å². The summed E-state index contributed by atoms with van der Waals surface area (Å²) in [6.07, 6.45) is 10.5. The molecule has 0 radical (unpaired) electrons. The minimum absolute atomic E-state index is 0.180. The van der Waals surface area contributed by atoms with Crippen LogP contribution >= 0.6 is 0 Å². The fourth-order valence-electron chi connectivity index (χ4n) is 4.48. The van der Waals surface area contributed by atoms with Crippen molar-refractivity contribution in [3.63, 3.8) is 0 Å². The van der Waals surface area contributed by atoms with E-state index in [-0.39, 0.29) is 5.92 Å². The van der Waals surface area contributed by atoms with Gasteiger partial charge in [-0.05, 0) is 33.9 Å². The van der Waals surface area contributed by atoms with Crippen LogP contribution in [0.2, 0.25) is 0 Å². The van der Waals surface area contributed by atoms with Crippen molar-refractivity contribution in [1.29, 1.82) is 0 Å². The molecule has 5 rings (SSSR count). The molecule has 0 saturated heterocycles. The van der Waals surface area contributed by atoms with Crippen molar-refractivity contribution in [2.75, 3.05) is 0 Å². The zero-order chi connectivity index (χ0) is 14.0. The van der Waals surface area contributed by atoms with Gasteiger partial charge in [0, 0.05) is 24.2 Å². The molecule has 21 heavy (non-hydrogen) atoms. The Kier molecular flexibility index (Phi) is 2.16. The van der Waals surface area contributed by atoms with Gasteiger partial charge in [-0.2, -0.15) is 0 Å². The van der Waals surface area contributed by atoms with E-state index in [0.717, 1.165) is 6.42 Å². The topological polar surface area (TPSA) is 17.1 Å². The Labute approximate surface area is 124 Å². The van der Waals surface area contributed by atoms with Crippen molar-refractivity contribution in [2.45, 2.75) is 24.7 Å². The Balaban J connectivity index is 1.86.